The Morgan fingerprint density at radius 3 is 2.41 bits per heavy atom. The molecule has 9 heteroatoms. The van der Waals surface area contributed by atoms with E-state index in [0.717, 1.165) is 17.2 Å². The summed E-state index contributed by atoms with van der Waals surface area (Å²) in [4.78, 5) is 30.5. The zero-order valence-corrected chi connectivity index (χ0v) is 20.1. The largest absolute Gasteiger partial charge is 0.384 e. The maximum atomic E-state index is 14.4. The van der Waals surface area contributed by atoms with Crippen LogP contribution in [0.1, 0.15) is 16.7 Å². The van der Waals surface area contributed by atoms with E-state index in [9.17, 15) is 14.0 Å². The number of rotatable bonds is 10. The molecule has 5 N–H and O–H groups in total. The molecule has 0 aliphatic carbocycles. The third-order valence-electron chi connectivity index (χ3n) is 5.81. The molecule has 0 fully saturated rings. The Bertz CT molecular complexity index is 1450. The summed E-state index contributed by atoms with van der Waals surface area (Å²) in [6.07, 6.45) is 2.27. The van der Waals surface area contributed by atoms with Gasteiger partial charge in [0.15, 0.2) is 5.82 Å². The van der Waals surface area contributed by atoms with E-state index in [0.29, 0.717) is 18.7 Å². The van der Waals surface area contributed by atoms with Crippen LogP contribution in [-0.2, 0) is 24.3 Å². The molecule has 3 aromatic carbocycles. The molecule has 1 aromatic heterocycles. The number of amidine groups is 1. The van der Waals surface area contributed by atoms with Crippen molar-refractivity contribution in [1.82, 2.24) is 14.9 Å². The lowest BCUT2D eigenvalue weighted by Crippen LogP contribution is -2.34. The van der Waals surface area contributed by atoms with Crippen LogP contribution in [0.15, 0.2) is 89.9 Å². The number of carbonyl (C=O) groups excluding carboxylic acids is 1. The molecule has 0 aliphatic heterocycles. The van der Waals surface area contributed by atoms with E-state index >= 15 is 0 Å². The third kappa shape index (κ3) is 6.46. The number of nitrogens with one attached hydrogen (secondary N) is 3. The second-order valence-corrected chi connectivity index (χ2v) is 8.41. The van der Waals surface area contributed by atoms with Crippen molar-refractivity contribution in [3.63, 3.8) is 0 Å². The number of amides is 1. The Kier molecular flexibility index (Phi) is 8.05. The highest BCUT2D eigenvalue weighted by Crippen LogP contribution is 2.18. The molecular weight excluding hydrogens is 471 g/mol. The van der Waals surface area contributed by atoms with Crippen LogP contribution in [0, 0.1) is 11.2 Å². The van der Waals surface area contributed by atoms with Gasteiger partial charge in [-0.05, 0) is 23.6 Å². The molecule has 0 bridgehead atoms. The van der Waals surface area contributed by atoms with E-state index in [1.807, 2.05) is 60.7 Å². The number of carbonyl (C=O) groups is 1. The second-order valence-electron chi connectivity index (χ2n) is 8.41. The molecular formula is C28H27FN6O2. The average molecular weight is 499 g/mol. The van der Waals surface area contributed by atoms with Gasteiger partial charge in [0.25, 0.3) is 5.56 Å². The maximum absolute atomic E-state index is 14.4. The highest BCUT2D eigenvalue weighted by Gasteiger charge is 2.15. The van der Waals surface area contributed by atoms with Gasteiger partial charge in [-0.15, -0.1) is 0 Å². The van der Waals surface area contributed by atoms with Crippen LogP contribution in [0.25, 0.3) is 11.3 Å². The number of nitrogens with zero attached hydrogens (tertiary/aromatic N) is 2. The Morgan fingerprint density at radius 1 is 1.03 bits per heavy atom. The van der Waals surface area contributed by atoms with Crippen LogP contribution in [0.2, 0.25) is 0 Å². The summed E-state index contributed by atoms with van der Waals surface area (Å²) in [5.74, 6) is -1.14. The Morgan fingerprint density at radius 2 is 1.73 bits per heavy atom. The first-order valence-corrected chi connectivity index (χ1v) is 11.7. The summed E-state index contributed by atoms with van der Waals surface area (Å²) in [5.41, 5.74) is 7.82. The van der Waals surface area contributed by atoms with E-state index < -0.39 is 17.3 Å². The minimum absolute atomic E-state index is 0.0778. The van der Waals surface area contributed by atoms with Crippen molar-refractivity contribution >= 4 is 17.6 Å². The molecule has 0 radical (unpaired) electrons. The molecule has 4 rings (SSSR count). The van der Waals surface area contributed by atoms with Crippen molar-refractivity contribution in [1.29, 1.82) is 5.41 Å². The van der Waals surface area contributed by atoms with Gasteiger partial charge in [0.1, 0.15) is 18.2 Å². The Balaban J connectivity index is 1.52. The summed E-state index contributed by atoms with van der Waals surface area (Å²) < 4.78 is 15.7. The van der Waals surface area contributed by atoms with Gasteiger partial charge in [0.05, 0.1) is 11.9 Å². The Hall–Kier alpha value is -4.79. The van der Waals surface area contributed by atoms with Crippen molar-refractivity contribution < 1.29 is 9.18 Å². The van der Waals surface area contributed by atoms with Crippen molar-refractivity contribution in [2.45, 2.75) is 19.5 Å². The lowest BCUT2D eigenvalue weighted by atomic mass is 10.1. The van der Waals surface area contributed by atoms with E-state index in [4.69, 9.17) is 11.1 Å². The molecule has 0 saturated carbocycles. The quantitative estimate of drug-likeness (QED) is 0.197. The number of halogens is 1. The van der Waals surface area contributed by atoms with Crippen molar-refractivity contribution in [3.05, 3.63) is 118 Å². The van der Waals surface area contributed by atoms with E-state index in [1.54, 1.807) is 6.20 Å². The molecule has 188 valence electrons. The van der Waals surface area contributed by atoms with Crippen molar-refractivity contribution in [3.8, 4) is 11.3 Å². The highest BCUT2D eigenvalue weighted by molar-refractivity contribution is 5.94. The Labute approximate surface area is 213 Å². The molecule has 0 atom stereocenters. The molecule has 0 unspecified atom stereocenters. The normalized spacial score (nSPS) is 10.6. The standard InChI is InChI=1S/C28H27FN6O2/c29-23-15-21(26(30)31)11-12-22(23)16-33-25(36)18-35-24(20-9-5-2-6-10-20)17-34-27(28(35)37)32-14-13-19-7-3-1-4-8-19/h1-12,15,17H,13-14,16,18H2,(H3,30,31)(H,32,34)(H,33,36). The summed E-state index contributed by atoms with van der Waals surface area (Å²) in [7, 11) is 0. The SMILES string of the molecule is N=C(N)c1ccc(CNC(=O)Cn2c(-c3ccccc3)cnc(NCCc3ccccc3)c2=O)c(F)c1. The van der Waals surface area contributed by atoms with Crippen LogP contribution in [0.3, 0.4) is 0 Å². The van der Waals surface area contributed by atoms with Crippen LogP contribution in [-0.4, -0.2) is 27.8 Å². The van der Waals surface area contributed by atoms with E-state index in [2.05, 4.69) is 15.6 Å². The summed E-state index contributed by atoms with van der Waals surface area (Å²) in [6, 6.07) is 23.2. The smallest absolute Gasteiger partial charge is 0.294 e. The van der Waals surface area contributed by atoms with Gasteiger partial charge < -0.3 is 16.4 Å². The first-order chi connectivity index (χ1) is 17.9. The van der Waals surface area contributed by atoms with Gasteiger partial charge in [-0.1, -0.05) is 72.8 Å². The second kappa shape index (κ2) is 11.8. The lowest BCUT2D eigenvalue weighted by Gasteiger charge is -2.15. The number of anilines is 1. The van der Waals surface area contributed by atoms with E-state index in [1.165, 1.54) is 16.7 Å². The van der Waals surface area contributed by atoms with Gasteiger partial charge in [-0.25, -0.2) is 9.37 Å². The van der Waals surface area contributed by atoms with Crippen LogP contribution >= 0.6 is 0 Å². The fourth-order valence-corrected chi connectivity index (χ4v) is 3.83. The fourth-order valence-electron chi connectivity index (χ4n) is 3.83. The summed E-state index contributed by atoms with van der Waals surface area (Å²) in [6.45, 7) is 0.149. The molecule has 4 aromatic rings. The average Bonchev–Trinajstić information content (AvgIpc) is 2.91. The first-order valence-electron chi connectivity index (χ1n) is 11.7. The molecule has 0 saturated heterocycles. The first kappa shape index (κ1) is 25.3. The predicted octanol–water partition coefficient (Wildman–Crippen LogP) is 3.30. The maximum Gasteiger partial charge on any atom is 0.294 e. The lowest BCUT2D eigenvalue weighted by molar-refractivity contribution is -0.121. The number of aromatic nitrogens is 2. The molecule has 0 aliphatic rings. The van der Waals surface area contributed by atoms with Crippen LogP contribution < -0.4 is 21.9 Å². The number of benzene rings is 3. The monoisotopic (exact) mass is 498 g/mol. The topological polar surface area (TPSA) is 126 Å². The molecule has 0 spiro atoms. The summed E-state index contributed by atoms with van der Waals surface area (Å²) in [5, 5.41) is 13.2. The number of hydrogen-bond donors (Lipinski definition) is 4. The molecule has 1 amide bonds. The van der Waals surface area contributed by atoms with Gasteiger partial charge >= 0.3 is 0 Å². The minimum Gasteiger partial charge on any atom is -0.384 e. The van der Waals surface area contributed by atoms with Gasteiger partial charge in [-0.3, -0.25) is 19.6 Å². The van der Waals surface area contributed by atoms with Crippen LogP contribution in [0.4, 0.5) is 10.2 Å². The van der Waals surface area contributed by atoms with Crippen molar-refractivity contribution in [2.24, 2.45) is 5.73 Å². The van der Waals surface area contributed by atoms with Gasteiger partial charge in [0.2, 0.25) is 5.91 Å². The van der Waals surface area contributed by atoms with E-state index in [-0.39, 0.29) is 35.9 Å². The predicted molar refractivity (Wildman–Crippen MR) is 142 cm³/mol. The minimum atomic E-state index is -0.580. The molecule has 8 nitrogen and oxygen atoms in total. The van der Waals surface area contributed by atoms with Gasteiger partial charge in [0, 0.05) is 24.2 Å². The van der Waals surface area contributed by atoms with Gasteiger partial charge in [-0.2, -0.15) is 0 Å². The molecule has 37 heavy (non-hydrogen) atoms. The fraction of sp³-hybridized carbons (Fsp3) is 0.143. The van der Waals surface area contributed by atoms with Crippen molar-refractivity contribution in [2.75, 3.05) is 11.9 Å². The third-order valence-corrected chi connectivity index (χ3v) is 5.81. The summed E-state index contributed by atoms with van der Waals surface area (Å²) >= 11 is 0. The zero-order valence-electron chi connectivity index (χ0n) is 20.1. The molecule has 1 heterocycles. The number of hydrogen-bond acceptors (Lipinski definition) is 5. The number of nitrogen functional groups attached to an aromatic ring is 1. The highest BCUT2D eigenvalue weighted by atomic mass is 19.1. The number of nitrogens with two attached hydrogens (primary N) is 1. The zero-order chi connectivity index (χ0) is 26.2. The van der Waals surface area contributed by atoms with Crippen LogP contribution in [0.5, 0.6) is 0 Å².